The molecule has 2 aromatic rings. The van der Waals surface area contributed by atoms with Gasteiger partial charge in [-0.05, 0) is 61.8 Å². The van der Waals surface area contributed by atoms with Gasteiger partial charge in [-0.1, -0.05) is 41.4 Å². The van der Waals surface area contributed by atoms with Gasteiger partial charge in [-0.25, -0.2) is 0 Å². The van der Waals surface area contributed by atoms with Crippen LogP contribution in [0, 0.1) is 5.92 Å². The molecule has 2 heterocycles. The number of piperazine rings is 1. The molecule has 2 aromatic carbocycles. The molecule has 2 saturated heterocycles. The topological polar surface area (TPSA) is 26.8 Å². The molecule has 0 bridgehead atoms. The van der Waals surface area contributed by atoms with Gasteiger partial charge >= 0.3 is 0 Å². The quantitative estimate of drug-likeness (QED) is 0.709. The Morgan fingerprint density at radius 2 is 1.52 bits per heavy atom. The average molecular weight is 432 g/mol. The number of hydrogen-bond acceptors (Lipinski definition) is 3. The summed E-state index contributed by atoms with van der Waals surface area (Å²) in [6.45, 7) is 6.12. The summed E-state index contributed by atoms with van der Waals surface area (Å²) in [6.07, 6.45) is 1.88. The molecule has 0 spiro atoms. The van der Waals surface area contributed by atoms with Crippen LogP contribution in [0.5, 0.6) is 0 Å². The van der Waals surface area contributed by atoms with E-state index in [4.69, 9.17) is 23.2 Å². The molecule has 0 N–H and O–H groups in total. The van der Waals surface area contributed by atoms with E-state index < -0.39 is 0 Å². The maximum Gasteiger partial charge on any atom is 0.225 e. The highest BCUT2D eigenvalue weighted by atomic mass is 35.5. The van der Waals surface area contributed by atoms with Crippen LogP contribution in [-0.2, 0) is 11.3 Å². The fourth-order valence-electron chi connectivity index (χ4n) is 4.35. The first-order chi connectivity index (χ1) is 14.1. The van der Waals surface area contributed by atoms with Gasteiger partial charge in [0.15, 0.2) is 0 Å². The zero-order valence-corrected chi connectivity index (χ0v) is 18.1. The number of carbonyl (C=O) groups is 1. The number of amides is 1. The Labute approximate surface area is 183 Å². The van der Waals surface area contributed by atoms with Crippen molar-refractivity contribution in [1.82, 2.24) is 9.80 Å². The lowest BCUT2D eigenvalue weighted by molar-refractivity contribution is -0.137. The summed E-state index contributed by atoms with van der Waals surface area (Å²) < 4.78 is 0. The Morgan fingerprint density at radius 3 is 2.17 bits per heavy atom. The molecule has 0 atom stereocenters. The standard InChI is InChI=1S/C23H27Cl2N3O/c24-20-4-1-3-18(15-20)17-26-9-7-19(8-10-26)23(29)28-13-11-27(12-14-28)22-6-2-5-21(25)16-22/h1-6,15-16,19H,7-14,17H2. The van der Waals surface area contributed by atoms with Gasteiger partial charge in [0.2, 0.25) is 5.91 Å². The maximum atomic E-state index is 13.0. The van der Waals surface area contributed by atoms with Crippen molar-refractivity contribution in [1.29, 1.82) is 0 Å². The second-order valence-corrected chi connectivity index (χ2v) is 8.85. The lowest BCUT2D eigenvalue weighted by Crippen LogP contribution is -2.51. The van der Waals surface area contributed by atoms with Crippen molar-refractivity contribution in [3.8, 4) is 0 Å². The molecule has 6 heteroatoms. The molecular formula is C23H27Cl2N3O. The fourth-order valence-corrected chi connectivity index (χ4v) is 4.75. The number of halogens is 2. The van der Waals surface area contributed by atoms with E-state index in [0.29, 0.717) is 5.91 Å². The highest BCUT2D eigenvalue weighted by Gasteiger charge is 2.30. The predicted molar refractivity (Wildman–Crippen MR) is 120 cm³/mol. The van der Waals surface area contributed by atoms with Crippen molar-refractivity contribution >= 4 is 34.8 Å². The first-order valence-electron chi connectivity index (χ1n) is 10.3. The largest absolute Gasteiger partial charge is 0.368 e. The number of anilines is 1. The molecule has 4 nitrogen and oxygen atoms in total. The minimum absolute atomic E-state index is 0.156. The Balaban J connectivity index is 1.25. The lowest BCUT2D eigenvalue weighted by atomic mass is 9.94. The molecule has 0 radical (unpaired) electrons. The van der Waals surface area contributed by atoms with Gasteiger partial charge in [0.25, 0.3) is 0 Å². The highest BCUT2D eigenvalue weighted by Crippen LogP contribution is 2.24. The summed E-state index contributed by atoms with van der Waals surface area (Å²) >= 11 is 12.2. The third kappa shape index (κ3) is 5.25. The monoisotopic (exact) mass is 431 g/mol. The molecule has 0 saturated carbocycles. The molecule has 2 aliphatic heterocycles. The van der Waals surface area contributed by atoms with E-state index in [1.807, 2.05) is 36.4 Å². The zero-order chi connectivity index (χ0) is 20.2. The first-order valence-corrected chi connectivity index (χ1v) is 11.1. The number of rotatable bonds is 4. The van der Waals surface area contributed by atoms with E-state index in [1.54, 1.807) is 0 Å². The molecule has 154 valence electrons. The highest BCUT2D eigenvalue weighted by molar-refractivity contribution is 6.31. The Morgan fingerprint density at radius 1 is 0.862 bits per heavy atom. The summed E-state index contributed by atoms with van der Waals surface area (Å²) in [5.74, 6) is 0.487. The number of hydrogen-bond donors (Lipinski definition) is 0. The minimum Gasteiger partial charge on any atom is -0.368 e. The Hall–Kier alpha value is -1.75. The molecule has 29 heavy (non-hydrogen) atoms. The molecule has 2 aliphatic rings. The van der Waals surface area contributed by atoms with Gasteiger partial charge in [-0.15, -0.1) is 0 Å². The summed E-state index contributed by atoms with van der Waals surface area (Å²) in [5, 5.41) is 1.54. The Bertz CT molecular complexity index is 844. The van der Waals surface area contributed by atoms with Crippen LogP contribution < -0.4 is 4.90 Å². The molecule has 4 rings (SSSR count). The number of likely N-dealkylation sites (tertiary alicyclic amines) is 1. The summed E-state index contributed by atoms with van der Waals surface area (Å²) in [6, 6.07) is 16.0. The second kappa shape index (κ2) is 9.38. The van der Waals surface area contributed by atoms with Crippen LogP contribution in [0.15, 0.2) is 48.5 Å². The third-order valence-corrected chi connectivity index (χ3v) is 6.47. The molecular weight excluding hydrogens is 405 g/mol. The van der Waals surface area contributed by atoms with E-state index in [-0.39, 0.29) is 5.92 Å². The minimum atomic E-state index is 0.156. The summed E-state index contributed by atoms with van der Waals surface area (Å²) in [4.78, 5) is 19.8. The second-order valence-electron chi connectivity index (χ2n) is 7.97. The van der Waals surface area contributed by atoms with Crippen molar-refractivity contribution in [2.75, 3.05) is 44.2 Å². The van der Waals surface area contributed by atoms with Crippen molar-refractivity contribution in [3.05, 3.63) is 64.1 Å². The zero-order valence-electron chi connectivity index (χ0n) is 16.6. The van der Waals surface area contributed by atoms with Gasteiger partial charge in [0, 0.05) is 54.4 Å². The third-order valence-electron chi connectivity index (χ3n) is 6.00. The number of nitrogens with zero attached hydrogens (tertiary/aromatic N) is 3. The number of piperidine rings is 1. The van der Waals surface area contributed by atoms with E-state index >= 15 is 0 Å². The van der Waals surface area contributed by atoms with Crippen LogP contribution in [0.25, 0.3) is 0 Å². The van der Waals surface area contributed by atoms with Gasteiger partial charge in [-0.2, -0.15) is 0 Å². The lowest BCUT2D eigenvalue weighted by Gasteiger charge is -2.39. The smallest absolute Gasteiger partial charge is 0.225 e. The normalized spacial score (nSPS) is 18.8. The van der Waals surface area contributed by atoms with Crippen LogP contribution in [0.2, 0.25) is 10.0 Å². The van der Waals surface area contributed by atoms with E-state index in [1.165, 1.54) is 5.56 Å². The van der Waals surface area contributed by atoms with Crippen LogP contribution in [0.3, 0.4) is 0 Å². The molecule has 2 fully saturated rings. The van der Waals surface area contributed by atoms with E-state index in [2.05, 4.69) is 26.8 Å². The average Bonchev–Trinajstić information content (AvgIpc) is 2.74. The van der Waals surface area contributed by atoms with Crippen LogP contribution in [0.1, 0.15) is 18.4 Å². The van der Waals surface area contributed by atoms with Crippen LogP contribution in [-0.4, -0.2) is 55.0 Å². The molecule has 0 unspecified atom stereocenters. The van der Waals surface area contributed by atoms with E-state index in [0.717, 1.165) is 74.4 Å². The van der Waals surface area contributed by atoms with Crippen molar-refractivity contribution in [2.24, 2.45) is 5.92 Å². The number of carbonyl (C=O) groups excluding carboxylic acids is 1. The van der Waals surface area contributed by atoms with Gasteiger partial charge in [-0.3, -0.25) is 9.69 Å². The molecule has 0 aromatic heterocycles. The first kappa shape index (κ1) is 20.5. The Kier molecular flexibility index (Phi) is 6.63. The van der Waals surface area contributed by atoms with Gasteiger partial charge in [0.05, 0.1) is 0 Å². The fraction of sp³-hybridized carbons (Fsp3) is 0.435. The molecule has 0 aliphatic carbocycles. The van der Waals surface area contributed by atoms with Gasteiger partial charge in [0.1, 0.15) is 0 Å². The van der Waals surface area contributed by atoms with Crippen LogP contribution >= 0.6 is 23.2 Å². The predicted octanol–water partition coefficient (Wildman–Crippen LogP) is 4.55. The number of benzene rings is 2. The summed E-state index contributed by atoms with van der Waals surface area (Å²) in [5.41, 5.74) is 2.37. The maximum absolute atomic E-state index is 13.0. The molecule has 1 amide bonds. The van der Waals surface area contributed by atoms with Crippen molar-refractivity contribution in [3.63, 3.8) is 0 Å². The van der Waals surface area contributed by atoms with Crippen LogP contribution in [0.4, 0.5) is 5.69 Å². The van der Waals surface area contributed by atoms with Crippen molar-refractivity contribution < 1.29 is 4.79 Å². The van der Waals surface area contributed by atoms with Gasteiger partial charge < -0.3 is 9.80 Å². The summed E-state index contributed by atoms with van der Waals surface area (Å²) in [7, 11) is 0. The van der Waals surface area contributed by atoms with Crippen molar-refractivity contribution in [2.45, 2.75) is 19.4 Å². The van der Waals surface area contributed by atoms with E-state index in [9.17, 15) is 4.79 Å². The SMILES string of the molecule is O=C(C1CCN(Cc2cccc(Cl)c2)CC1)N1CCN(c2cccc(Cl)c2)CC1.